The molecule has 1 fully saturated rings. The standard InChI is InChI=1S/C26H23N5O8S4/c1-3-39-24(37)15-19(32)12-6-4-5-7-14(12)43-25(15)41-9-11-8-40-22-17(21(34)31(22)18(11)23(35)36)29-20(33)16(30-38-2)13-10-42-26(27)28-13/h4-7,10,17,22H,3,8-9H2,1-2H3,(H2,27,28)(H,29,33)(H,35,36)/b30-16+/t17-,22-/m1/s1. The number of carbonyl (C=O) groups excluding carboxylic acids is 3. The highest BCUT2D eigenvalue weighted by Crippen LogP contribution is 2.42. The van der Waals surface area contributed by atoms with E-state index in [1.807, 2.05) is 0 Å². The quantitative estimate of drug-likeness (QED) is 0.0947. The molecular formula is C26H23N5O8S4. The van der Waals surface area contributed by atoms with Crippen LogP contribution in [0, 0.1) is 0 Å². The normalized spacial score (nSPS) is 18.2. The van der Waals surface area contributed by atoms with Gasteiger partial charge >= 0.3 is 11.9 Å². The summed E-state index contributed by atoms with van der Waals surface area (Å²) in [6, 6.07) is 5.87. The number of aliphatic carboxylic acids is 1. The van der Waals surface area contributed by atoms with Crippen LogP contribution >= 0.6 is 46.2 Å². The van der Waals surface area contributed by atoms with E-state index in [2.05, 4.69) is 15.5 Å². The maximum atomic E-state index is 13.2. The van der Waals surface area contributed by atoms with Crippen LogP contribution in [0.3, 0.4) is 0 Å². The van der Waals surface area contributed by atoms with Gasteiger partial charge in [-0.25, -0.2) is 14.6 Å². The Morgan fingerprint density at radius 3 is 2.72 bits per heavy atom. The van der Waals surface area contributed by atoms with Gasteiger partial charge in [-0.15, -0.1) is 46.2 Å². The largest absolute Gasteiger partial charge is 0.477 e. The summed E-state index contributed by atoms with van der Waals surface area (Å²) >= 11 is 4.75. The summed E-state index contributed by atoms with van der Waals surface area (Å²) < 4.78 is 6.20. The summed E-state index contributed by atoms with van der Waals surface area (Å²) in [5.74, 6) is -3.08. The van der Waals surface area contributed by atoms with Crippen molar-refractivity contribution in [1.29, 1.82) is 0 Å². The number of aromatic nitrogens is 1. The zero-order chi connectivity index (χ0) is 30.8. The number of nitrogens with zero attached hydrogens (tertiary/aromatic N) is 3. The number of anilines is 1. The van der Waals surface area contributed by atoms with Crippen LogP contribution in [0.1, 0.15) is 23.0 Å². The van der Waals surface area contributed by atoms with Crippen molar-refractivity contribution in [3.05, 3.63) is 62.4 Å². The Morgan fingerprint density at radius 1 is 1.28 bits per heavy atom. The van der Waals surface area contributed by atoms with E-state index < -0.39 is 40.6 Å². The zero-order valence-corrected chi connectivity index (χ0v) is 25.8. The van der Waals surface area contributed by atoms with Crippen molar-refractivity contribution in [2.75, 3.05) is 31.0 Å². The highest BCUT2D eigenvalue weighted by molar-refractivity contribution is 8.02. The Balaban J connectivity index is 1.38. The van der Waals surface area contributed by atoms with Crippen molar-refractivity contribution in [3.8, 4) is 0 Å². The molecule has 0 saturated carbocycles. The van der Waals surface area contributed by atoms with Gasteiger partial charge in [0.1, 0.15) is 35.5 Å². The molecule has 5 rings (SSSR count). The number of hydrogen-bond donors (Lipinski definition) is 3. The van der Waals surface area contributed by atoms with E-state index in [9.17, 15) is 29.1 Å². The molecule has 0 unspecified atom stereocenters. The van der Waals surface area contributed by atoms with Gasteiger partial charge in [-0.2, -0.15) is 0 Å². The van der Waals surface area contributed by atoms with Gasteiger partial charge < -0.3 is 25.7 Å². The molecule has 2 atom stereocenters. The number of β-lactam (4-membered cyclic amide) rings is 1. The van der Waals surface area contributed by atoms with Gasteiger partial charge in [0.05, 0.1) is 10.8 Å². The van der Waals surface area contributed by atoms with E-state index in [0.29, 0.717) is 19.9 Å². The molecule has 0 spiro atoms. The third-order valence-corrected chi connectivity index (χ3v) is 10.9. The number of esters is 1. The number of hydrogen-bond acceptors (Lipinski definition) is 14. The first-order chi connectivity index (χ1) is 20.7. The van der Waals surface area contributed by atoms with Gasteiger partial charge in [0.15, 0.2) is 10.8 Å². The third kappa shape index (κ3) is 5.84. The monoisotopic (exact) mass is 661 g/mol. The molecule has 0 radical (unpaired) electrons. The van der Waals surface area contributed by atoms with Gasteiger partial charge in [-0.3, -0.25) is 19.3 Å². The fraction of sp³-hybridized carbons (Fsp3) is 0.269. The summed E-state index contributed by atoms with van der Waals surface area (Å²) in [5, 5.41) is 17.9. The molecular weight excluding hydrogens is 639 g/mol. The Bertz CT molecular complexity index is 1770. The van der Waals surface area contributed by atoms with Crippen molar-refractivity contribution in [2.45, 2.75) is 22.5 Å². The topological polar surface area (TPSA) is 191 Å². The second kappa shape index (κ2) is 12.7. The molecule has 1 aromatic carbocycles. The number of thioether (sulfide) groups is 2. The molecule has 4 N–H and O–H groups in total. The van der Waals surface area contributed by atoms with E-state index in [1.54, 1.807) is 31.2 Å². The Kier molecular flexibility index (Phi) is 9.05. The number of nitrogens with one attached hydrogen (secondary N) is 1. The second-order valence-corrected chi connectivity index (χ2v) is 13.2. The summed E-state index contributed by atoms with van der Waals surface area (Å²) in [6.45, 7) is 1.72. The highest BCUT2D eigenvalue weighted by Gasteiger charge is 2.54. The molecule has 2 aliphatic rings. The molecule has 1 saturated heterocycles. The lowest BCUT2D eigenvalue weighted by Crippen LogP contribution is -2.71. The Morgan fingerprint density at radius 2 is 2.05 bits per heavy atom. The van der Waals surface area contributed by atoms with Crippen molar-refractivity contribution < 1.29 is 33.9 Å². The van der Waals surface area contributed by atoms with Crippen LogP contribution in [-0.2, 0) is 24.0 Å². The number of rotatable bonds is 10. The molecule has 2 aromatic heterocycles. The summed E-state index contributed by atoms with van der Waals surface area (Å²) in [4.78, 5) is 74.4. The van der Waals surface area contributed by atoms with Crippen LogP contribution in [0.5, 0.6) is 0 Å². The van der Waals surface area contributed by atoms with Gasteiger partial charge in [0.25, 0.3) is 11.8 Å². The maximum absolute atomic E-state index is 13.2. The first kappa shape index (κ1) is 30.5. The van der Waals surface area contributed by atoms with Crippen LogP contribution < -0.4 is 16.5 Å². The van der Waals surface area contributed by atoms with Crippen LogP contribution in [0.4, 0.5) is 5.13 Å². The molecule has 2 amide bonds. The van der Waals surface area contributed by atoms with Gasteiger partial charge in [0, 0.05) is 27.0 Å². The smallest absolute Gasteiger partial charge is 0.352 e. The predicted molar refractivity (Wildman–Crippen MR) is 165 cm³/mol. The van der Waals surface area contributed by atoms with Crippen molar-refractivity contribution in [2.24, 2.45) is 5.16 Å². The van der Waals surface area contributed by atoms with Crippen LogP contribution in [-0.4, -0.2) is 81.1 Å². The number of benzene rings is 1. The number of amides is 2. The molecule has 17 heteroatoms. The molecule has 3 aromatic rings. The Labute approximate surface area is 260 Å². The number of oxime groups is 1. The van der Waals surface area contributed by atoms with Crippen molar-refractivity contribution in [1.82, 2.24) is 15.2 Å². The number of carboxylic acids is 1. The first-order valence-electron chi connectivity index (χ1n) is 12.5. The average Bonchev–Trinajstić information content (AvgIpc) is 3.42. The van der Waals surface area contributed by atoms with Crippen LogP contribution in [0.15, 0.2) is 55.1 Å². The van der Waals surface area contributed by atoms with E-state index >= 15 is 0 Å². The van der Waals surface area contributed by atoms with Crippen LogP contribution in [0.25, 0.3) is 10.1 Å². The molecule has 13 nitrogen and oxygen atoms in total. The minimum atomic E-state index is -1.31. The summed E-state index contributed by atoms with van der Waals surface area (Å²) in [6.07, 6.45) is 0. The minimum Gasteiger partial charge on any atom is -0.477 e. The predicted octanol–water partition coefficient (Wildman–Crippen LogP) is 2.36. The summed E-state index contributed by atoms with van der Waals surface area (Å²) in [7, 11) is 1.26. The molecule has 0 bridgehead atoms. The van der Waals surface area contributed by atoms with E-state index in [-0.39, 0.29) is 45.9 Å². The lowest BCUT2D eigenvalue weighted by Gasteiger charge is -2.49. The van der Waals surface area contributed by atoms with Crippen LogP contribution in [0.2, 0.25) is 0 Å². The Hall–Kier alpha value is -3.93. The van der Waals surface area contributed by atoms with Crippen molar-refractivity contribution >= 4 is 90.9 Å². The fourth-order valence-electron chi connectivity index (χ4n) is 4.45. The molecule has 2 aliphatic heterocycles. The molecule has 4 heterocycles. The second-order valence-electron chi connectivity index (χ2n) is 8.91. The number of nitrogens with two attached hydrogens (primary N) is 1. The minimum absolute atomic E-state index is 0.0810. The lowest BCUT2D eigenvalue weighted by atomic mass is 10.0. The van der Waals surface area contributed by atoms with Gasteiger partial charge in [0.2, 0.25) is 5.43 Å². The number of carboxylic acid groups (broad SMARTS) is 1. The van der Waals surface area contributed by atoms with Crippen molar-refractivity contribution in [3.63, 3.8) is 0 Å². The van der Waals surface area contributed by atoms with E-state index in [4.69, 9.17) is 15.3 Å². The first-order valence-corrected chi connectivity index (χ1v) is 16.3. The molecule has 43 heavy (non-hydrogen) atoms. The molecule has 0 aliphatic carbocycles. The maximum Gasteiger partial charge on any atom is 0.352 e. The lowest BCUT2D eigenvalue weighted by molar-refractivity contribution is -0.150. The molecule has 224 valence electrons. The van der Waals surface area contributed by atoms with Gasteiger partial charge in [-0.1, -0.05) is 17.3 Å². The van der Waals surface area contributed by atoms with E-state index in [1.165, 1.54) is 35.6 Å². The average molecular weight is 662 g/mol. The zero-order valence-electron chi connectivity index (χ0n) is 22.5. The highest BCUT2D eigenvalue weighted by atomic mass is 32.2. The SMILES string of the molecule is CCOC(=O)c1c(SCC2=C(C(=O)O)N3C(=O)[C@@H](NC(=O)/C(=N/OC)c4csc(N)n4)[C@H]3SC2)sc2ccccc2c1=O. The number of thiazole rings is 1. The summed E-state index contributed by atoms with van der Waals surface area (Å²) in [5.41, 5.74) is 5.32. The third-order valence-electron chi connectivity index (χ3n) is 6.32. The fourth-order valence-corrected chi connectivity index (χ4v) is 8.92. The number of fused-ring (bicyclic) bond motifs is 2. The van der Waals surface area contributed by atoms with E-state index in [0.717, 1.165) is 28.0 Å². The van der Waals surface area contributed by atoms with Gasteiger partial charge in [-0.05, 0) is 24.6 Å². The number of nitrogen functional groups attached to an aromatic ring is 1. The number of ether oxygens (including phenoxy) is 1. The number of carbonyl (C=O) groups is 4.